The van der Waals surface area contributed by atoms with Crippen LogP contribution in [0.2, 0.25) is 0 Å². The van der Waals surface area contributed by atoms with Crippen molar-refractivity contribution >= 4 is 5.91 Å². The minimum Gasteiger partial charge on any atom is -0.497 e. The van der Waals surface area contributed by atoms with Crippen molar-refractivity contribution in [2.24, 2.45) is 5.92 Å². The average Bonchev–Trinajstić information content (AvgIpc) is 3.50. The smallest absolute Gasteiger partial charge is 0.225 e. The highest BCUT2D eigenvalue weighted by atomic mass is 16.5. The Morgan fingerprint density at radius 2 is 1.87 bits per heavy atom. The van der Waals surface area contributed by atoms with Crippen molar-refractivity contribution in [3.05, 3.63) is 41.2 Å². The van der Waals surface area contributed by atoms with Crippen molar-refractivity contribution in [2.75, 3.05) is 33.3 Å². The van der Waals surface area contributed by atoms with E-state index in [1.807, 2.05) is 28.9 Å². The Labute approximate surface area is 183 Å². The van der Waals surface area contributed by atoms with E-state index in [0.29, 0.717) is 19.1 Å². The molecule has 8 nitrogen and oxygen atoms in total. The van der Waals surface area contributed by atoms with E-state index >= 15 is 0 Å². The van der Waals surface area contributed by atoms with Crippen LogP contribution in [0.3, 0.4) is 0 Å². The summed E-state index contributed by atoms with van der Waals surface area (Å²) in [5.74, 6) is 1.48. The second kappa shape index (κ2) is 8.96. The number of hydrogen-bond donors (Lipinski definition) is 0. The monoisotopic (exact) mass is 425 g/mol. The molecule has 3 heterocycles. The van der Waals surface area contributed by atoms with Crippen LogP contribution in [0.15, 0.2) is 24.3 Å². The molecule has 1 amide bonds. The molecule has 5 rings (SSSR count). The fourth-order valence-electron chi connectivity index (χ4n) is 4.97. The highest BCUT2D eigenvalue weighted by molar-refractivity contribution is 5.79. The molecule has 2 aromatic rings. The van der Waals surface area contributed by atoms with Gasteiger partial charge < -0.3 is 14.4 Å². The molecular weight excluding hydrogens is 394 g/mol. The average molecular weight is 426 g/mol. The number of nitrogens with zero attached hydrogens (tertiary/aromatic N) is 5. The highest BCUT2D eigenvalue weighted by Crippen LogP contribution is 2.29. The number of hydrogen-bond acceptors (Lipinski definition) is 6. The molecule has 8 heteroatoms. The van der Waals surface area contributed by atoms with Gasteiger partial charge >= 0.3 is 0 Å². The Morgan fingerprint density at radius 3 is 2.58 bits per heavy atom. The molecule has 1 atom stereocenters. The molecule has 1 aromatic heterocycles. The van der Waals surface area contributed by atoms with Gasteiger partial charge in [-0.25, -0.2) is 4.68 Å². The maximum absolute atomic E-state index is 12.7. The molecule has 2 aliphatic heterocycles. The van der Waals surface area contributed by atoms with Gasteiger partial charge in [-0.1, -0.05) is 30.2 Å². The topological polar surface area (TPSA) is 72.7 Å². The SMILES string of the molecule is COc1ccc([C@H]2Cn3nnc(CN4CCN(C(=O)C5CCCC5)CC4)c3CO2)cc1. The third kappa shape index (κ3) is 4.32. The lowest BCUT2D eigenvalue weighted by Crippen LogP contribution is -2.49. The number of ether oxygens (including phenoxy) is 2. The van der Waals surface area contributed by atoms with Gasteiger partial charge in [0.1, 0.15) is 17.5 Å². The number of aromatic nitrogens is 3. The fraction of sp³-hybridized carbons (Fsp3) is 0.609. The summed E-state index contributed by atoms with van der Waals surface area (Å²) in [6.45, 7) is 5.35. The summed E-state index contributed by atoms with van der Waals surface area (Å²) in [4.78, 5) is 17.1. The standard InChI is InChI=1S/C23H31N5O3/c1-30-19-8-6-17(7-9-19)22-15-28-21(16-31-22)20(24-25-28)14-26-10-12-27(13-11-26)23(29)18-4-2-3-5-18/h6-9,18,22H,2-5,10-16H2,1H3/t22-/m1/s1. The van der Waals surface area contributed by atoms with E-state index in [1.54, 1.807) is 7.11 Å². The van der Waals surface area contributed by atoms with E-state index in [1.165, 1.54) is 12.8 Å². The molecule has 0 bridgehead atoms. The third-order valence-corrected chi connectivity index (χ3v) is 6.93. The summed E-state index contributed by atoms with van der Waals surface area (Å²) in [5, 5.41) is 8.85. The molecular formula is C23H31N5O3. The number of benzene rings is 1. The van der Waals surface area contributed by atoms with E-state index in [4.69, 9.17) is 9.47 Å². The molecule has 0 radical (unpaired) electrons. The molecule has 1 saturated heterocycles. The molecule has 1 aromatic carbocycles. The Bertz CT molecular complexity index is 898. The van der Waals surface area contributed by atoms with Crippen molar-refractivity contribution in [1.82, 2.24) is 24.8 Å². The quantitative estimate of drug-likeness (QED) is 0.733. The van der Waals surface area contributed by atoms with Crippen LogP contribution < -0.4 is 4.74 Å². The molecule has 1 saturated carbocycles. The molecule has 2 fully saturated rings. The first-order valence-corrected chi connectivity index (χ1v) is 11.4. The van der Waals surface area contributed by atoms with Gasteiger partial charge in [0.05, 0.1) is 26.0 Å². The van der Waals surface area contributed by atoms with E-state index in [9.17, 15) is 4.79 Å². The van der Waals surface area contributed by atoms with Crippen LogP contribution in [0.25, 0.3) is 0 Å². The minimum atomic E-state index is -0.0295. The minimum absolute atomic E-state index is 0.0295. The van der Waals surface area contributed by atoms with Gasteiger partial charge in [0.2, 0.25) is 5.91 Å². The first-order valence-electron chi connectivity index (χ1n) is 11.4. The van der Waals surface area contributed by atoms with Crippen molar-refractivity contribution in [1.29, 1.82) is 0 Å². The largest absolute Gasteiger partial charge is 0.497 e. The van der Waals surface area contributed by atoms with Gasteiger partial charge in [-0.05, 0) is 30.5 Å². The highest BCUT2D eigenvalue weighted by Gasteiger charge is 2.30. The second-order valence-corrected chi connectivity index (χ2v) is 8.82. The van der Waals surface area contributed by atoms with Crippen LogP contribution >= 0.6 is 0 Å². The molecule has 31 heavy (non-hydrogen) atoms. The Morgan fingerprint density at radius 1 is 1.13 bits per heavy atom. The fourth-order valence-corrected chi connectivity index (χ4v) is 4.97. The Hall–Kier alpha value is -2.45. The number of piperazine rings is 1. The van der Waals surface area contributed by atoms with Crippen molar-refractivity contribution in [2.45, 2.75) is 51.5 Å². The maximum atomic E-state index is 12.7. The number of methoxy groups -OCH3 is 1. The summed E-state index contributed by atoms with van der Waals surface area (Å²) in [6, 6.07) is 7.99. The van der Waals surface area contributed by atoms with Gasteiger partial charge in [0.15, 0.2) is 0 Å². The van der Waals surface area contributed by atoms with Crippen molar-refractivity contribution < 1.29 is 14.3 Å². The van der Waals surface area contributed by atoms with E-state index < -0.39 is 0 Å². The number of carbonyl (C=O) groups excluding carboxylic acids is 1. The van der Waals surface area contributed by atoms with Crippen LogP contribution in [0.5, 0.6) is 5.75 Å². The lowest BCUT2D eigenvalue weighted by Gasteiger charge is -2.35. The summed E-state index contributed by atoms with van der Waals surface area (Å²) in [6.07, 6.45) is 4.52. The summed E-state index contributed by atoms with van der Waals surface area (Å²) in [7, 11) is 1.67. The van der Waals surface area contributed by atoms with Crippen LogP contribution in [0.4, 0.5) is 0 Å². The first-order chi connectivity index (χ1) is 15.2. The van der Waals surface area contributed by atoms with Gasteiger partial charge in [0.25, 0.3) is 0 Å². The Balaban J connectivity index is 1.16. The van der Waals surface area contributed by atoms with Gasteiger partial charge in [0, 0.05) is 38.6 Å². The molecule has 1 aliphatic carbocycles. The van der Waals surface area contributed by atoms with Crippen LogP contribution in [-0.4, -0.2) is 64.0 Å². The normalized spacial score (nSPS) is 22.5. The first kappa shape index (κ1) is 20.5. The predicted molar refractivity (Wildman–Crippen MR) is 114 cm³/mol. The van der Waals surface area contributed by atoms with Gasteiger partial charge in [-0.15, -0.1) is 5.10 Å². The van der Waals surface area contributed by atoms with E-state index in [-0.39, 0.29) is 12.0 Å². The Kier molecular flexibility index (Phi) is 5.91. The lowest BCUT2D eigenvalue weighted by molar-refractivity contribution is -0.137. The molecule has 0 N–H and O–H groups in total. The van der Waals surface area contributed by atoms with Crippen LogP contribution in [0, 0.1) is 5.92 Å². The van der Waals surface area contributed by atoms with Crippen LogP contribution in [-0.2, 0) is 29.2 Å². The number of amides is 1. The zero-order valence-electron chi connectivity index (χ0n) is 18.2. The maximum Gasteiger partial charge on any atom is 0.225 e. The molecule has 0 unspecified atom stereocenters. The van der Waals surface area contributed by atoms with Crippen LogP contribution in [0.1, 0.15) is 48.7 Å². The molecule has 166 valence electrons. The second-order valence-electron chi connectivity index (χ2n) is 8.82. The number of rotatable bonds is 5. The van der Waals surface area contributed by atoms with E-state index in [0.717, 1.165) is 68.3 Å². The number of fused-ring (bicyclic) bond motifs is 1. The zero-order valence-corrected chi connectivity index (χ0v) is 18.2. The predicted octanol–water partition coefficient (Wildman–Crippen LogP) is 2.39. The van der Waals surface area contributed by atoms with Gasteiger partial charge in [-0.2, -0.15) is 0 Å². The third-order valence-electron chi connectivity index (χ3n) is 6.93. The molecule has 3 aliphatic rings. The number of carbonyl (C=O) groups is 1. The zero-order chi connectivity index (χ0) is 21.2. The van der Waals surface area contributed by atoms with E-state index in [2.05, 4.69) is 20.1 Å². The lowest BCUT2D eigenvalue weighted by atomic mass is 10.1. The molecule has 0 spiro atoms. The van der Waals surface area contributed by atoms with Gasteiger partial charge in [-0.3, -0.25) is 9.69 Å². The summed E-state index contributed by atoms with van der Waals surface area (Å²) >= 11 is 0. The van der Waals surface area contributed by atoms with Crippen molar-refractivity contribution in [3.8, 4) is 5.75 Å². The summed E-state index contributed by atoms with van der Waals surface area (Å²) in [5.41, 5.74) is 3.17. The summed E-state index contributed by atoms with van der Waals surface area (Å²) < 4.78 is 13.4. The van der Waals surface area contributed by atoms with Crippen molar-refractivity contribution in [3.63, 3.8) is 0 Å².